The molecule has 37 heavy (non-hydrogen) atoms. The Kier molecular flexibility index (Phi) is 7.79. The van der Waals surface area contributed by atoms with E-state index in [-0.39, 0.29) is 22.6 Å². The van der Waals surface area contributed by atoms with E-state index >= 15 is 0 Å². The largest absolute Gasteiger partial charge is 0.376 e. The van der Waals surface area contributed by atoms with Gasteiger partial charge in [-0.1, -0.05) is 35.3 Å². The van der Waals surface area contributed by atoms with Crippen molar-refractivity contribution in [1.29, 1.82) is 0 Å². The van der Waals surface area contributed by atoms with Gasteiger partial charge in [0.25, 0.3) is 11.8 Å². The molecule has 1 fully saturated rings. The van der Waals surface area contributed by atoms with Crippen LogP contribution in [-0.2, 0) is 11.2 Å². The summed E-state index contributed by atoms with van der Waals surface area (Å²) in [5.74, 6) is -1.28. The lowest BCUT2D eigenvalue weighted by atomic mass is 9.94. The number of nitrogens with zero attached hydrogens (tertiary/aromatic N) is 1. The van der Waals surface area contributed by atoms with Crippen LogP contribution in [0.1, 0.15) is 52.0 Å². The van der Waals surface area contributed by atoms with E-state index in [1.165, 1.54) is 18.2 Å². The maximum atomic E-state index is 14.4. The van der Waals surface area contributed by atoms with Crippen LogP contribution in [0.3, 0.4) is 0 Å². The Morgan fingerprint density at radius 1 is 1.03 bits per heavy atom. The summed E-state index contributed by atoms with van der Waals surface area (Å²) in [6.07, 6.45) is 4.67. The van der Waals surface area contributed by atoms with Gasteiger partial charge in [-0.3, -0.25) is 9.59 Å². The Morgan fingerprint density at radius 3 is 2.68 bits per heavy atom. The molecule has 2 heterocycles. The number of rotatable bonds is 5. The van der Waals surface area contributed by atoms with Crippen LogP contribution in [0.25, 0.3) is 11.1 Å². The average Bonchev–Trinajstić information content (AvgIpc) is 2.91. The van der Waals surface area contributed by atoms with Crippen molar-refractivity contribution in [3.05, 3.63) is 87.2 Å². The SMILES string of the molecule is O=C(NCC1CCCCO1)c1ccc(Cl)c(-c2ccc3c(c2)CCCN3C(=O)c2c(F)cccc2Cl)c1. The molecule has 0 bridgehead atoms. The van der Waals surface area contributed by atoms with E-state index in [0.717, 1.165) is 61.1 Å². The quantitative estimate of drug-likeness (QED) is 0.392. The van der Waals surface area contributed by atoms with Gasteiger partial charge in [0, 0.05) is 41.5 Å². The number of halogens is 3. The molecule has 1 N–H and O–H groups in total. The molecule has 1 saturated heterocycles. The lowest BCUT2D eigenvalue weighted by molar-refractivity contribution is 0.0169. The van der Waals surface area contributed by atoms with Gasteiger partial charge in [0.1, 0.15) is 5.82 Å². The van der Waals surface area contributed by atoms with Crippen LogP contribution in [0.15, 0.2) is 54.6 Å². The summed E-state index contributed by atoms with van der Waals surface area (Å²) < 4.78 is 20.1. The predicted molar refractivity (Wildman–Crippen MR) is 144 cm³/mol. The molecule has 0 aliphatic carbocycles. The molecule has 192 valence electrons. The Hall–Kier alpha value is -2.93. The molecule has 2 aliphatic heterocycles. The number of carbonyl (C=O) groups is 2. The molecule has 5 rings (SSSR count). The summed E-state index contributed by atoms with van der Waals surface area (Å²) in [7, 11) is 0. The van der Waals surface area contributed by atoms with Crippen LogP contribution in [0.2, 0.25) is 10.0 Å². The fourth-order valence-electron chi connectivity index (χ4n) is 4.98. The van der Waals surface area contributed by atoms with E-state index in [2.05, 4.69) is 5.32 Å². The molecular formula is C29H27Cl2FN2O3. The number of amides is 2. The van der Waals surface area contributed by atoms with Crippen LogP contribution < -0.4 is 10.2 Å². The third-order valence-corrected chi connectivity index (χ3v) is 7.57. The molecule has 1 unspecified atom stereocenters. The van der Waals surface area contributed by atoms with Gasteiger partial charge in [-0.2, -0.15) is 0 Å². The molecule has 0 saturated carbocycles. The fraction of sp³-hybridized carbons (Fsp3) is 0.310. The lowest BCUT2D eigenvalue weighted by Crippen LogP contribution is -2.36. The van der Waals surface area contributed by atoms with Crippen LogP contribution >= 0.6 is 23.2 Å². The van der Waals surface area contributed by atoms with E-state index < -0.39 is 11.7 Å². The van der Waals surface area contributed by atoms with Crippen molar-refractivity contribution in [3.63, 3.8) is 0 Å². The van der Waals surface area contributed by atoms with Crippen molar-refractivity contribution in [2.75, 3.05) is 24.6 Å². The number of fused-ring (bicyclic) bond motifs is 1. The summed E-state index contributed by atoms with van der Waals surface area (Å²) >= 11 is 12.7. The van der Waals surface area contributed by atoms with Gasteiger partial charge in [0.15, 0.2) is 0 Å². The third kappa shape index (κ3) is 5.52. The normalized spacial score (nSPS) is 17.3. The smallest absolute Gasteiger partial charge is 0.262 e. The highest BCUT2D eigenvalue weighted by atomic mass is 35.5. The highest BCUT2D eigenvalue weighted by Crippen LogP contribution is 2.36. The number of benzene rings is 3. The van der Waals surface area contributed by atoms with Crippen LogP contribution in [0, 0.1) is 5.82 Å². The Balaban J connectivity index is 1.39. The van der Waals surface area contributed by atoms with E-state index in [1.54, 1.807) is 23.1 Å². The van der Waals surface area contributed by atoms with Gasteiger partial charge >= 0.3 is 0 Å². The van der Waals surface area contributed by atoms with E-state index in [1.807, 2.05) is 18.2 Å². The Morgan fingerprint density at radius 2 is 1.89 bits per heavy atom. The second-order valence-electron chi connectivity index (χ2n) is 9.39. The van der Waals surface area contributed by atoms with E-state index in [4.69, 9.17) is 27.9 Å². The number of hydrogen-bond acceptors (Lipinski definition) is 3. The van der Waals surface area contributed by atoms with Gasteiger partial charge in [-0.15, -0.1) is 0 Å². The molecule has 0 aromatic heterocycles. The topological polar surface area (TPSA) is 58.6 Å². The number of nitrogens with one attached hydrogen (secondary N) is 1. The first kappa shape index (κ1) is 25.7. The van der Waals surface area contributed by atoms with Crippen molar-refractivity contribution in [2.45, 2.75) is 38.2 Å². The third-order valence-electron chi connectivity index (χ3n) is 6.92. The summed E-state index contributed by atoms with van der Waals surface area (Å²) in [5.41, 5.74) is 3.63. The maximum Gasteiger partial charge on any atom is 0.262 e. The van der Waals surface area contributed by atoms with Crippen LogP contribution in [0.4, 0.5) is 10.1 Å². The van der Waals surface area contributed by atoms with Gasteiger partial charge in [-0.25, -0.2) is 4.39 Å². The molecule has 0 radical (unpaired) electrons. The van der Waals surface area contributed by atoms with Crippen LogP contribution in [0.5, 0.6) is 0 Å². The minimum absolute atomic E-state index is 0.0509. The lowest BCUT2D eigenvalue weighted by Gasteiger charge is -2.30. The molecule has 2 amide bonds. The van der Waals surface area contributed by atoms with Crippen molar-refractivity contribution in [1.82, 2.24) is 5.32 Å². The van der Waals surface area contributed by atoms with Crippen molar-refractivity contribution in [3.8, 4) is 11.1 Å². The summed E-state index contributed by atoms with van der Waals surface area (Å²) in [4.78, 5) is 27.6. The summed E-state index contributed by atoms with van der Waals surface area (Å²) in [6, 6.07) is 15.1. The molecular weight excluding hydrogens is 514 g/mol. The highest BCUT2D eigenvalue weighted by molar-refractivity contribution is 6.34. The number of carbonyl (C=O) groups excluding carboxylic acids is 2. The number of aryl methyl sites for hydroxylation is 1. The standard InChI is InChI=1S/C29H27Cl2FN2O3/c30-23-11-9-20(28(35)33-17-21-6-1-2-14-37-21)16-22(23)18-10-12-26-19(15-18)5-4-13-34(26)29(36)27-24(31)7-3-8-25(27)32/h3,7-12,15-16,21H,1-2,4-6,13-14,17H2,(H,33,35). The first-order valence-corrected chi connectivity index (χ1v) is 13.3. The summed E-state index contributed by atoms with van der Waals surface area (Å²) in [6.45, 7) is 1.68. The maximum absolute atomic E-state index is 14.4. The van der Waals surface area contributed by atoms with Gasteiger partial charge in [0.05, 0.1) is 16.7 Å². The Bertz CT molecular complexity index is 1320. The highest BCUT2D eigenvalue weighted by Gasteiger charge is 2.27. The van der Waals surface area contributed by atoms with Crippen LogP contribution in [-0.4, -0.2) is 37.6 Å². The zero-order chi connectivity index (χ0) is 25.9. The number of ether oxygens (including phenoxy) is 1. The second-order valence-corrected chi connectivity index (χ2v) is 10.2. The first-order valence-electron chi connectivity index (χ1n) is 12.5. The monoisotopic (exact) mass is 540 g/mol. The fourth-order valence-corrected chi connectivity index (χ4v) is 5.45. The van der Waals surface area contributed by atoms with Crippen molar-refractivity contribution in [2.24, 2.45) is 0 Å². The minimum atomic E-state index is -0.641. The van der Waals surface area contributed by atoms with E-state index in [9.17, 15) is 14.0 Å². The zero-order valence-electron chi connectivity index (χ0n) is 20.2. The molecule has 3 aromatic carbocycles. The molecule has 0 spiro atoms. The molecule has 8 heteroatoms. The van der Waals surface area contributed by atoms with E-state index in [0.29, 0.717) is 23.7 Å². The first-order chi connectivity index (χ1) is 17.9. The Labute approximate surface area is 225 Å². The average molecular weight is 541 g/mol. The molecule has 2 aliphatic rings. The number of anilines is 1. The van der Waals surface area contributed by atoms with Crippen molar-refractivity contribution < 1.29 is 18.7 Å². The van der Waals surface area contributed by atoms with Crippen molar-refractivity contribution >= 4 is 40.7 Å². The molecule has 3 aromatic rings. The van der Waals surface area contributed by atoms with Gasteiger partial charge < -0.3 is 15.0 Å². The van der Waals surface area contributed by atoms with Gasteiger partial charge in [-0.05, 0) is 85.7 Å². The zero-order valence-corrected chi connectivity index (χ0v) is 21.7. The number of hydrogen-bond donors (Lipinski definition) is 1. The summed E-state index contributed by atoms with van der Waals surface area (Å²) in [5, 5.41) is 3.58. The molecule has 5 nitrogen and oxygen atoms in total. The van der Waals surface area contributed by atoms with Gasteiger partial charge in [0.2, 0.25) is 0 Å². The second kappa shape index (κ2) is 11.2. The minimum Gasteiger partial charge on any atom is -0.376 e. The predicted octanol–water partition coefficient (Wildman–Crippen LogP) is 6.69. The molecule has 1 atom stereocenters.